The van der Waals surface area contributed by atoms with Crippen molar-refractivity contribution in [1.29, 1.82) is 0 Å². The molecule has 0 aliphatic rings. The van der Waals surface area contributed by atoms with E-state index in [-0.39, 0.29) is 0 Å². The van der Waals surface area contributed by atoms with Crippen LogP contribution in [0.2, 0.25) is 0 Å². The molecule has 0 spiro atoms. The molecule has 62 heavy (non-hydrogen) atoms. The van der Waals surface area contributed by atoms with Crippen molar-refractivity contribution >= 4 is 75.9 Å². The lowest BCUT2D eigenvalue weighted by atomic mass is 9.92. The van der Waals surface area contributed by atoms with Gasteiger partial charge in [0.2, 0.25) is 0 Å². The van der Waals surface area contributed by atoms with Crippen molar-refractivity contribution in [3.8, 4) is 45.5 Å². The predicted molar refractivity (Wildman–Crippen MR) is 257 cm³/mol. The first-order chi connectivity index (χ1) is 30.8. The standard InChI is InChI=1S/C57H35N5/c1-3-17-36(18-4-1)55-58-56(37-19-5-2-6-20-37)60-57(59-55)49-34-46-41-23-9-7-21-39(41)40-22-8-10-24-42(40)47(46)35-54(49)62-52-30-16-13-27-45(52)48-33-38(31-32-53(48)62)61-50-28-14-11-25-43(50)44-26-12-15-29-51(44)61/h1-35H. The van der Waals surface area contributed by atoms with E-state index in [1.165, 1.54) is 59.5 Å². The molecule has 0 saturated heterocycles. The number of benzene rings is 10. The molecule has 3 aromatic heterocycles. The summed E-state index contributed by atoms with van der Waals surface area (Å²) in [5.74, 6) is 1.86. The molecule has 0 saturated carbocycles. The molecule has 0 aliphatic heterocycles. The van der Waals surface area contributed by atoms with E-state index in [9.17, 15) is 0 Å². The fourth-order valence-electron chi connectivity index (χ4n) is 9.79. The highest BCUT2D eigenvalue weighted by Crippen LogP contribution is 2.43. The van der Waals surface area contributed by atoms with Gasteiger partial charge in [-0.05, 0) is 80.8 Å². The van der Waals surface area contributed by atoms with Crippen molar-refractivity contribution in [2.45, 2.75) is 0 Å². The van der Waals surface area contributed by atoms with Gasteiger partial charge in [-0.15, -0.1) is 0 Å². The number of para-hydroxylation sites is 3. The molecule has 0 N–H and O–H groups in total. The van der Waals surface area contributed by atoms with Crippen LogP contribution in [0, 0.1) is 0 Å². The average Bonchev–Trinajstić information content (AvgIpc) is 3.86. The van der Waals surface area contributed by atoms with Crippen molar-refractivity contribution in [2.24, 2.45) is 0 Å². The topological polar surface area (TPSA) is 48.5 Å². The summed E-state index contributed by atoms with van der Waals surface area (Å²) in [5, 5.41) is 12.0. The maximum Gasteiger partial charge on any atom is 0.166 e. The van der Waals surface area contributed by atoms with Gasteiger partial charge in [-0.25, -0.2) is 15.0 Å². The monoisotopic (exact) mass is 789 g/mol. The van der Waals surface area contributed by atoms with Crippen LogP contribution in [0.15, 0.2) is 212 Å². The molecule has 288 valence electrons. The molecule has 0 amide bonds. The first-order valence-corrected chi connectivity index (χ1v) is 21.0. The van der Waals surface area contributed by atoms with Gasteiger partial charge in [0.05, 0.1) is 27.8 Å². The number of aromatic nitrogens is 5. The molecule has 5 nitrogen and oxygen atoms in total. The normalized spacial score (nSPS) is 11.9. The van der Waals surface area contributed by atoms with Crippen LogP contribution in [0.4, 0.5) is 0 Å². The van der Waals surface area contributed by atoms with Gasteiger partial charge >= 0.3 is 0 Å². The highest BCUT2D eigenvalue weighted by Gasteiger charge is 2.23. The Morgan fingerprint density at radius 2 is 0.645 bits per heavy atom. The van der Waals surface area contributed by atoms with Crippen molar-refractivity contribution < 1.29 is 0 Å². The third-order valence-electron chi connectivity index (χ3n) is 12.5. The summed E-state index contributed by atoms with van der Waals surface area (Å²) in [6, 6.07) is 75.7. The van der Waals surface area contributed by atoms with E-state index < -0.39 is 0 Å². The summed E-state index contributed by atoms with van der Waals surface area (Å²) in [7, 11) is 0. The highest BCUT2D eigenvalue weighted by molar-refractivity contribution is 6.26. The first kappa shape index (κ1) is 34.5. The molecule has 13 aromatic rings. The van der Waals surface area contributed by atoms with E-state index in [2.05, 4.69) is 185 Å². The molecule has 0 aliphatic carbocycles. The number of rotatable bonds is 5. The highest BCUT2D eigenvalue weighted by atomic mass is 15.1. The zero-order chi connectivity index (χ0) is 40.7. The van der Waals surface area contributed by atoms with Gasteiger partial charge in [-0.2, -0.15) is 0 Å². The van der Waals surface area contributed by atoms with E-state index in [4.69, 9.17) is 15.0 Å². The van der Waals surface area contributed by atoms with Crippen LogP contribution in [0.3, 0.4) is 0 Å². The van der Waals surface area contributed by atoms with E-state index in [1.54, 1.807) is 0 Å². The Hall–Kier alpha value is -8.41. The van der Waals surface area contributed by atoms with Crippen LogP contribution in [0.25, 0.3) is 121 Å². The maximum absolute atomic E-state index is 5.35. The SMILES string of the molecule is c1ccc(-c2nc(-c3ccccc3)nc(-c3cc4c5ccccc5c5ccccc5c4cc3-n3c4ccccc4c4cc(-n5c6ccccc6c6ccccc65)ccc43)n2)cc1. The molecular formula is C57H35N5. The third-order valence-corrected chi connectivity index (χ3v) is 12.5. The van der Waals surface area contributed by atoms with Crippen molar-refractivity contribution in [1.82, 2.24) is 24.1 Å². The zero-order valence-corrected chi connectivity index (χ0v) is 33.4. The molecule has 10 aromatic carbocycles. The molecule has 0 atom stereocenters. The summed E-state index contributed by atoms with van der Waals surface area (Å²) in [5.41, 5.74) is 9.48. The van der Waals surface area contributed by atoms with Gasteiger partial charge in [-0.1, -0.05) is 164 Å². The van der Waals surface area contributed by atoms with E-state index in [0.717, 1.165) is 44.5 Å². The van der Waals surface area contributed by atoms with Crippen molar-refractivity contribution in [3.63, 3.8) is 0 Å². The van der Waals surface area contributed by atoms with Crippen LogP contribution in [0.5, 0.6) is 0 Å². The minimum atomic E-state index is 0.611. The third kappa shape index (κ3) is 5.18. The van der Waals surface area contributed by atoms with E-state index in [1.807, 2.05) is 36.4 Å². The Morgan fingerprint density at radius 1 is 0.258 bits per heavy atom. The second kappa shape index (κ2) is 13.6. The number of hydrogen-bond donors (Lipinski definition) is 0. The van der Waals surface area contributed by atoms with Crippen molar-refractivity contribution in [3.05, 3.63) is 212 Å². The molecule has 0 radical (unpaired) electrons. The fraction of sp³-hybridized carbons (Fsp3) is 0. The van der Waals surface area contributed by atoms with Gasteiger partial charge in [-0.3, -0.25) is 0 Å². The number of nitrogens with zero attached hydrogens (tertiary/aromatic N) is 5. The molecule has 3 heterocycles. The number of hydrogen-bond acceptors (Lipinski definition) is 3. The Morgan fingerprint density at radius 3 is 1.18 bits per heavy atom. The van der Waals surface area contributed by atoms with Crippen LogP contribution in [0.1, 0.15) is 0 Å². The molecular weight excluding hydrogens is 755 g/mol. The minimum absolute atomic E-state index is 0.611. The molecule has 0 bridgehead atoms. The average molecular weight is 790 g/mol. The quantitative estimate of drug-likeness (QED) is 0.163. The maximum atomic E-state index is 5.35. The fourth-order valence-corrected chi connectivity index (χ4v) is 9.79. The second-order valence-corrected chi connectivity index (χ2v) is 16.0. The molecule has 0 unspecified atom stereocenters. The lowest BCUT2D eigenvalue weighted by Gasteiger charge is -2.18. The largest absolute Gasteiger partial charge is 0.309 e. The van der Waals surface area contributed by atoms with Gasteiger partial charge < -0.3 is 9.13 Å². The smallest absolute Gasteiger partial charge is 0.166 e. The number of fused-ring (bicyclic) bond motifs is 12. The van der Waals surface area contributed by atoms with Gasteiger partial charge in [0.15, 0.2) is 17.5 Å². The Labute approximate surface area is 356 Å². The second-order valence-electron chi connectivity index (χ2n) is 16.0. The first-order valence-electron chi connectivity index (χ1n) is 21.0. The summed E-state index contributed by atoms with van der Waals surface area (Å²) >= 11 is 0. The summed E-state index contributed by atoms with van der Waals surface area (Å²) < 4.78 is 4.82. The molecule has 5 heteroatoms. The van der Waals surface area contributed by atoms with Gasteiger partial charge in [0.25, 0.3) is 0 Å². The zero-order valence-electron chi connectivity index (χ0n) is 33.4. The minimum Gasteiger partial charge on any atom is -0.309 e. The van der Waals surface area contributed by atoms with E-state index >= 15 is 0 Å². The van der Waals surface area contributed by atoms with Crippen LogP contribution in [-0.4, -0.2) is 24.1 Å². The van der Waals surface area contributed by atoms with Gasteiger partial charge in [0, 0.05) is 43.9 Å². The lowest BCUT2D eigenvalue weighted by Crippen LogP contribution is -2.04. The Balaban J connectivity index is 1.16. The van der Waals surface area contributed by atoms with Gasteiger partial charge in [0.1, 0.15) is 0 Å². The van der Waals surface area contributed by atoms with Crippen molar-refractivity contribution in [2.75, 3.05) is 0 Å². The molecule has 0 fully saturated rings. The Bertz CT molecular complexity index is 3810. The lowest BCUT2D eigenvalue weighted by molar-refractivity contribution is 1.07. The van der Waals surface area contributed by atoms with Crippen LogP contribution >= 0.6 is 0 Å². The summed E-state index contributed by atoms with van der Waals surface area (Å²) in [6.45, 7) is 0. The predicted octanol–water partition coefficient (Wildman–Crippen LogP) is 14.5. The van der Waals surface area contributed by atoms with E-state index in [0.29, 0.717) is 17.5 Å². The summed E-state index contributed by atoms with van der Waals surface area (Å²) in [6.07, 6.45) is 0. The van der Waals surface area contributed by atoms with Crippen LogP contribution in [-0.2, 0) is 0 Å². The Kier molecular flexibility index (Phi) is 7.54. The molecule has 13 rings (SSSR count). The summed E-state index contributed by atoms with van der Waals surface area (Å²) in [4.78, 5) is 15.8. The van der Waals surface area contributed by atoms with Crippen LogP contribution < -0.4 is 0 Å².